The van der Waals surface area contributed by atoms with Gasteiger partial charge in [-0.3, -0.25) is 0 Å². The molecule has 28 heavy (non-hydrogen) atoms. The average Bonchev–Trinajstić information content (AvgIpc) is 2.56. The van der Waals surface area contributed by atoms with Crippen LogP contribution in [0.15, 0.2) is 29.3 Å². The highest BCUT2D eigenvalue weighted by molar-refractivity contribution is 5.74. The summed E-state index contributed by atoms with van der Waals surface area (Å²) >= 11 is 0. The summed E-state index contributed by atoms with van der Waals surface area (Å²) in [4.78, 5) is 26.7. The Morgan fingerprint density at radius 1 is 1.25 bits per heavy atom. The smallest absolute Gasteiger partial charge is 0.315 e. The fourth-order valence-corrected chi connectivity index (χ4v) is 4.53. The van der Waals surface area contributed by atoms with Crippen molar-refractivity contribution in [3.05, 3.63) is 35.4 Å². The molecule has 0 heterocycles. The molecular formula is C22H33N3O3. The largest absolute Gasteiger partial charge is 0.386 e. The van der Waals surface area contributed by atoms with E-state index in [1.165, 1.54) is 0 Å². The number of aliphatic imine (C=N–C) groups is 1. The maximum Gasteiger partial charge on any atom is 0.315 e. The fraction of sp³-hybridized carbons (Fsp3) is 0.636. The van der Waals surface area contributed by atoms with Crippen molar-refractivity contribution in [3.8, 4) is 0 Å². The van der Waals surface area contributed by atoms with Crippen molar-refractivity contribution in [2.45, 2.75) is 72.1 Å². The van der Waals surface area contributed by atoms with Crippen LogP contribution in [0.4, 0.5) is 4.79 Å². The van der Waals surface area contributed by atoms with Gasteiger partial charge in [0.25, 0.3) is 0 Å². The van der Waals surface area contributed by atoms with E-state index in [1.54, 1.807) is 19.9 Å². The molecule has 154 valence electrons. The van der Waals surface area contributed by atoms with Crippen LogP contribution in [0.25, 0.3) is 0 Å². The zero-order valence-corrected chi connectivity index (χ0v) is 17.6. The molecule has 2 amide bonds. The first-order valence-electron chi connectivity index (χ1n) is 9.82. The Labute approximate surface area is 167 Å². The molecule has 2 atom stereocenters. The van der Waals surface area contributed by atoms with Gasteiger partial charge >= 0.3 is 6.03 Å². The molecule has 0 bridgehead atoms. The molecule has 1 aliphatic carbocycles. The summed E-state index contributed by atoms with van der Waals surface area (Å²) in [6, 6.07) is 7.40. The van der Waals surface area contributed by atoms with Gasteiger partial charge in [-0.25, -0.2) is 14.6 Å². The number of hydrogen-bond donors (Lipinski definition) is 3. The van der Waals surface area contributed by atoms with E-state index >= 15 is 0 Å². The zero-order chi connectivity index (χ0) is 21.0. The Bertz CT molecular complexity index is 730. The first-order valence-corrected chi connectivity index (χ1v) is 9.82. The van der Waals surface area contributed by atoms with Crippen molar-refractivity contribution in [1.82, 2.24) is 10.6 Å². The molecule has 0 saturated heterocycles. The number of isocyanates is 1. The van der Waals surface area contributed by atoms with Crippen molar-refractivity contribution in [2.75, 3.05) is 6.54 Å². The minimum atomic E-state index is -0.877. The number of carbonyl (C=O) groups is 1. The number of hydrogen-bond acceptors (Lipinski definition) is 4. The first-order chi connectivity index (χ1) is 12.9. The predicted octanol–water partition coefficient (Wildman–Crippen LogP) is 3.63. The molecule has 2 rings (SSSR count). The van der Waals surface area contributed by atoms with E-state index in [2.05, 4.69) is 36.4 Å². The second-order valence-electron chi connectivity index (χ2n) is 9.75. The van der Waals surface area contributed by atoms with Crippen LogP contribution in [0, 0.1) is 10.8 Å². The number of nitrogens with one attached hydrogen (secondary N) is 2. The molecule has 0 spiro atoms. The third-order valence-corrected chi connectivity index (χ3v) is 5.42. The lowest BCUT2D eigenvalue weighted by Crippen LogP contribution is -2.50. The Balaban J connectivity index is 1.92. The van der Waals surface area contributed by atoms with Crippen molar-refractivity contribution in [1.29, 1.82) is 0 Å². The maximum absolute atomic E-state index is 12.4. The molecular weight excluding hydrogens is 354 g/mol. The van der Waals surface area contributed by atoms with Crippen LogP contribution in [0.5, 0.6) is 0 Å². The van der Waals surface area contributed by atoms with Crippen LogP contribution in [-0.4, -0.2) is 29.8 Å². The maximum atomic E-state index is 12.4. The summed E-state index contributed by atoms with van der Waals surface area (Å²) in [5.74, 6) is 0. The number of amides is 2. The first kappa shape index (κ1) is 22.1. The van der Waals surface area contributed by atoms with Crippen molar-refractivity contribution >= 4 is 12.1 Å². The quantitative estimate of drug-likeness (QED) is 0.514. The zero-order valence-electron chi connectivity index (χ0n) is 17.6. The number of urea groups is 1. The summed E-state index contributed by atoms with van der Waals surface area (Å²) < 4.78 is 0. The molecule has 6 heteroatoms. The van der Waals surface area contributed by atoms with Gasteiger partial charge in [0.15, 0.2) is 0 Å². The van der Waals surface area contributed by atoms with E-state index in [9.17, 15) is 14.7 Å². The summed E-state index contributed by atoms with van der Waals surface area (Å²) in [5, 5.41) is 16.0. The molecule has 1 fully saturated rings. The third kappa shape index (κ3) is 6.47. The monoisotopic (exact) mass is 387 g/mol. The topological polar surface area (TPSA) is 90.8 Å². The van der Waals surface area contributed by atoms with E-state index in [0.717, 1.165) is 30.4 Å². The lowest BCUT2D eigenvalue weighted by atomic mass is 9.62. The van der Waals surface area contributed by atoms with Gasteiger partial charge in [0, 0.05) is 12.6 Å². The van der Waals surface area contributed by atoms with Gasteiger partial charge in [0.2, 0.25) is 6.08 Å². The van der Waals surface area contributed by atoms with Crippen LogP contribution in [0.2, 0.25) is 0 Å². The fourth-order valence-electron chi connectivity index (χ4n) is 4.53. The predicted molar refractivity (Wildman–Crippen MR) is 110 cm³/mol. The average molecular weight is 388 g/mol. The van der Waals surface area contributed by atoms with Gasteiger partial charge in [-0.15, -0.1) is 0 Å². The summed E-state index contributed by atoms with van der Waals surface area (Å²) in [5.41, 5.74) is 0.873. The van der Waals surface area contributed by atoms with Crippen LogP contribution in [-0.2, 0) is 16.9 Å². The van der Waals surface area contributed by atoms with Crippen molar-refractivity contribution < 1.29 is 14.7 Å². The molecule has 1 aromatic rings. The number of carbonyl (C=O) groups excluding carboxylic acids is 2. The van der Waals surface area contributed by atoms with E-state index in [0.29, 0.717) is 13.1 Å². The minimum absolute atomic E-state index is 0.0353. The highest BCUT2D eigenvalue weighted by Crippen LogP contribution is 2.46. The van der Waals surface area contributed by atoms with Gasteiger partial charge in [-0.1, -0.05) is 45.0 Å². The molecule has 2 unspecified atom stereocenters. The van der Waals surface area contributed by atoms with Crippen LogP contribution < -0.4 is 10.6 Å². The van der Waals surface area contributed by atoms with E-state index in [-0.39, 0.29) is 22.9 Å². The Morgan fingerprint density at radius 3 is 2.46 bits per heavy atom. The van der Waals surface area contributed by atoms with Gasteiger partial charge in [-0.2, -0.15) is 0 Å². The molecule has 1 aromatic carbocycles. The van der Waals surface area contributed by atoms with E-state index < -0.39 is 5.60 Å². The van der Waals surface area contributed by atoms with Gasteiger partial charge in [0.1, 0.15) is 0 Å². The van der Waals surface area contributed by atoms with Crippen molar-refractivity contribution in [3.63, 3.8) is 0 Å². The second-order valence-corrected chi connectivity index (χ2v) is 9.75. The summed E-state index contributed by atoms with van der Waals surface area (Å²) in [6.45, 7) is 10.8. The SMILES string of the molecule is CC1(C)CC(NC(=O)NCc2ccc(C(C)(C)O)cc2)CC(C)(CN=C=O)C1. The standard InChI is InChI=1S/C22H33N3O3/c1-20(2)10-18(11-22(5,13-20)14-23-15-26)25-19(27)24-12-16-6-8-17(9-7-16)21(3,4)28/h6-9,18,28H,10-14H2,1-5H3,(H2,24,25,27). The molecule has 0 radical (unpaired) electrons. The number of benzene rings is 1. The van der Waals surface area contributed by atoms with Gasteiger partial charge in [0.05, 0.1) is 12.1 Å². The van der Waals surface area contributed by atoms with Crippen LogP contribution in [0.1, 0.15) is 65.0 Å². The molecule has 1 aliphatic rings. The molecule has 6 nitrogen and oxygen atoms in total. The van der Waals surface area contributed by atoms with Crippen molar-refractivity contribution in [2.24, 2.45) is 15.8 Å². The number of nitrogens with zero attached hydrogens (tertiary/aromatic N) is 1. The highest BCUT2D eigenvalue weighted by Gasteiger charge is 2.41. The van der Waals surface area contributed by atoms with Crippen LogP contribution >= 0.6 is 0 Å². The normalized spacial score (nSPS) is 24.1. The highest BCUT2D eigenvalue weighted by atomic mass is 16.3. The number of rotatable bonds is 6. The summed E-state index contributed by atoms with van der Waals surface area (Å²) in [6.07, 6.45) is 4.27. The van der Waals surface area contributed by atoms with Crippen LogP contribution in [0.3, 0.4) is 0 Å². The molecule has 3 N–H and O–H groups in total. The number of aliphatic hydroxyl groups is 1. The Hall–Kier alpha value is -2.17. The minimum Gasteiger partial charge on any atom is -0.386 e. The Kier molecular flexibility index (Phi) is 6.68. The lowest BCUT2D eigenvalue weighted by Gasteiger charge is -2.46. The van der Waals surface area contributed by atoms with E-state index in [1.807, 2.05) is 24.3 Å². The van der Waals surface area contributed by atoms with Gasteiger partial charge < -0.3 is 15.7 Å². The molecule has 0 aliphatic heterocycles. The van der Waals surface area contributed by atoms with E-state index in [4.69, 9.17) is 0 Å². The van der Waals surface area contributed by atoms with Gasteiger partial charge in [-0.05, 0) is 55.1 Å². The second kappa shape index (κ2) is 8.46. The Morgan fingerprint density at radius 2 is 1.89 bits per heavy atom. The summed E-state index contributed by atoms with van der Waals surface area (Å²) in [7, 11) is 0. The molecule has 0 aromatic heterocycles. The molecule has 1 saturated carbocycles. The lowest BCUT2D eigenvalue weighted by molar-refractivity contribution is 0.0784. The third-order valence-electron chi connectivity index (χ3n) is 5.42.